The lowest BCUT2D eigenvalue weighted by molar-refractivity contribution is -0.121. The molecule has 1 aliphatic rings. The lowest BCUT2D eigenvalue weighted by Gasteiger charge is -2.13. The third kappa shape index (κ3) is 4.16. The third-order valence-corrected chi connectivity index (χ3v) is 5.82. The van der Waals surface area contributed by atoms with Gasteiger partial charge in [0.1, 0.15) is 0 Å². The Balaban J connectivity index is 1.23. The maximum atomic E-state index is 12.3. The first-order valence-electron chi connectivity index (χ1n) is 9.76. The fourth-order valence-electron chi connectivity index (χ4n) is 3.43. The number of imide groups is 1. The Kier molecular flexibility index (Phi) is 5.72. The number of carbonyl (C=O) groups is 3. The fourth-order valence-corrected chi connectivity index (χ4v) is 4.05. The number of benzene rings is 2. The zero-order chi connectivity index (χ0) is 21.1. The summed E-state index contributed by atoms with van der Waals surface area (Å²) in [6.45, 7) is 2.57. The van der Waals surface area contributed by atoms with Crippen LogP contribution in [0.5, 0.6) is 0 Å². The van der Waals surface area contributed by atoms with Crippen molar-refractivity contribution in [1.29, 1.82) is 0 Å². The molecule has 0 spiro atoms. The van der Waals surface area contributed by atoms with Crippen molar-refractivity contribution >= 4 is 29.1 Å². The van der Waals surface area contributed by atoms with Gasteiger partial charge in [-0.05, 0) is 31.0 Å². The van der Waals surface area contributed by atoms with E-state index in [2.05, 4.69) is 10.3 Å². The number of aromatic nitrogens is 1. The molecule has 0 unspecified atom stereocenters. The minimum absolute atomic E-state index is 0.0833. The van der Waals surface area contributed by atoms with E-state index in [1.54, 1.807) is 35.6 Å². The van der Waals surface area contributed by atoms with Gasteiger partial charge in [0.2, 0.25) is 5.91 Å². The Bertz CT molecular complexity index is 1070. The van der Waals surface area contributed by atoms with Crippen LogP contribution in [0.25, 0.3) is 11.3 Å². The van der Waals surface area contributed by atoms with Crippen LogP contribution in [-0.4, -0.2) is 40.7 Å². The minimum Gasteiger partial charge on any atom is -0.356 e. The maximum Gasteiger partial charge on any atom is 0.261 e. The van der Waals surface area contributed by atoms with E-state index in [0.29, 0.717) is 24.1 Å². The molecule has 7 heteroatoms. The van der Waals surface area contributed by atoms with Crippen molar-refractivity contribution in [3.05, 3.63) is 75.6 Å². The van der Waals surface area contributed by atoms with Gasteiger partial charge in [-0.25, -0.2) is 4.98 Å². The van der Waals surface area contributed by atoms with Crippen LogP contribution >= 0.6 is 11.3 Å². The van der Waals surface area contributed by atoms with Gasteiger partial charge in [0.05, 0.1) is 21.8 Å². The molecule has 2 aromatic carbocycles. The second-order valence-corrected chi connectivity index (χ2v) is 8.17. The van der Waals surface area contributed by atoms with E-state index in [1.807, 2.05) is 36.6 Å². The lowest BCUT2D eigenvalue weighted by Crippen LogP contribution is -2.35. The molecule has 30 heavy (non-hydrogen) atoms. The number of thiazole rings is 1. The van der Waals surface area contributed by atoms with Crippen LogP contribution in [0.4, 0.5) is 0 Å². The molecular weight excluding hydrogens is 398 g/mol. The molecule has 0 radical (unpaired) electrons. The second kappa shape index (κ2) is 8.59. The molecule has 0 atom stereocenters. The number of nitrogens with one attached hydrogen (secondary N) is 1. The van der Waals surface area contributed by atoms with Crippen molar-refractivity contribution < 1.29 is 14.4 Å². The molecule has 1 aromatic heterocycles. The first-order chi connectivity index (χ1) is 14.5. The standard InChI is InChI=1S/C23H21N3O3S/c1-15-25-20(14-30-15)17-8-6-16(7-9-17)10-12-24-21(27)11-13-26-22(28)18-4-2-3-5-19(18)23(26)29/h2-9,14H,10-13H2,1H3,(H,24,27). The summed E-state index contributed by atoms with van der Waals surface area (Å²) in [6, 6.07) is 14.9. The van der Waals surface area contributed by atoms with E-state index < -0.39 is 0 Å². The summed E-state index contributed by atoms with van der Waals surface area (Å²) >= 11 is 1.63. The minimum atomic E-state index is -0.334. The Morgan fingerprint density at radius 1 is 1.03 bits per heavy atom. The number of carbonyl (C=O) groups excluding carboxylic acids is 3. The van der Waals surface area contributed by atoms with Crippen LogP contribution < -0.4 is 5.32 Å². The van der Waals surface area contributed by atoms with E-state index in [-0.39, 0.29) is 30.7 Å². The van der Waals surface area contributed by atoms with Crippen LogP contribution in [0.1, 0.15) is 37.7 Å². The Morgan fingerprint density at radius 2 is 1.70 bits per heavy atom. The van der Waals surface area contributed by atoms with Gasteiger partial charge in [-0.15, -0.1) is 11.3 Å². The molecule has 3 amide bonds. The van der Waals surface area contributed by atoms with E-state index in [1.165, 1.54) is 0 Å². The lowest BCUT2D eigenvalue weighted by atomic mass is 10.1. The molecule has 1 N–H and O–H groups in total. The molecule has 1 aliphatic heterocycles. The van der Waals surface area contributed by atoms with Crippen molar-refractivity contribution in [2.75, 3.05) is 13.1 Å². The van der Waals surface area contributed by atoms with Crippen LogP contribution in [0.3, 0.4) is 0 Å². The predicted octanol–water partition coefficient (Wildman–Crippen LogP) is 3.46. The van der Waals surface area contributed by atoms with Gasteiger partial charge in [-0.1, -0.05) is 36.4 Å². The molecule has 0 fully saturated rings. The number of aryl methyl sites for hydroxylation is 1. The number of rotatable bonds is 7. The van der Waals surface area contributed by atoms with Crippen molar-refractivity contribution in [2.24, 2.45) is 0 Å². The summed E-state index contributed by atoms with van der Waals surface area (Å²) in [6.07, 6.45) is 0.794. The molecule has 0 bridgehead atoms. The van der Waals surface area contributed by atoms with Crippen molar-refractivity contribution in [1.82, 2.24) is 15.2 Å². The van der Waals surface area contributed by atoms with Crippen molar-refractivity contribution in [3.63, 3.8) is 0 Å². The first-order valence-corrected chi connectivity index (χ1v) is 10.6. The van der Waals surface area contributed by atoms with Crippen LogP contribution in [0.15, 0.2) is 53.9 Å². The van der Waals surface area contributed by atoms with E-state index in [0.717, 1.165) is 26.7 Å². The number of nitrogens with zero attached hydrogens (tertiary/aromatic N) is 2. The molecule has 0 saturated carbocycles. The second-order valence-electron chi connectivity index (χ2n) is 7.11. The van der Waals surface area contributed by atoms with E-state index >= 15 is 0 Å². The molecule has 6 nitrogen and oxygen atoms in total. The van der Waals surface area contributed by atoms with Gasteiger partial charge in [-0.2, -0.15) is 0 Å². The molecule has 2 heterocycles. The summed E-state index contributed by atoms with van der Waals surface area (Å²) in [7, 11) is 0. The topological polar surface area (TPSA) is 79.4 Å². The van der Waals surface area contributed by atoms with Crippen LogP contribution in [0, 0.1) is 6.92 Å². The Hall–Kier alpha value is -3.32. The van der Waals surface area contributed by atoms with Crippen molar-refractivity contribution in [3.8, 4) is 11.3 Å². The maximum absolute atomic E-state index is 12.3. The van der Waals surface area contributed by atoms with Gasteiger partial charge < -0.3 is 5.32 Å². The highest BCUT2D eigenvalue weighted by Gasteiger charge is 2.34. The fraction of sp³-hybridized carbons (Fsp3) is 0.217. The largest absolute Gasteiger partial charge is 0.356 e. The first kappa shape index (κ1) is 20.0. The zero-order valence-electron chi connectivity index (χ0n) is 16.6. The molecule has 0 saturated heterocycles. The number of hydrogen-bond acceptors (Lipinski definition) is 5. The summed E-state index contributed by atoms with van der Waals surface area (Å²) in [5.74, 6) is -0.848. The van der Waals surface area contributed by atoms with Gasteiger partial charge in [0.15, 0.2) is 0 Å². The van der Waals surface area contributed by atoms with E-state index in [4.69, 9.17) is 0 Å². The molecule has 152 valence electrons. The molecular formula is C23H21N3O3S. The Morgan fingerprint density at radius 3 is 2.30 bits per heavy atom. The Labute approximate surface area is 178 Å². The smallest absolute Gasteiger partial charge is 0.261 e. The van der Waals surface area contributed by atoms with Gasteiger partial charge in [-0.3, -0.25) is 19.3 Å². The van der Waals surface area contributed by atoms with Gasteiger partial charge >= 0.3 is 0 Å². The SMILES string of the molecule is Cc1nc(-c2ccc(CCNC(=O)CCN3C(=O)c4ccccc4C3=O)cc2)cs1. The highest BCUT2D eigenvalue weighted by molar-refractivity contribution is 7.09. The van der Waals surface area contributed by atoms with Crippen molar-refractivity contribution in [2.45, 2.75) is 19.8 Å². The third-order valence-electron chi connectivity index (χ3n) is 5.05. The molecule has 3 aromatic rings. The summed E-state index contributed by atoms with van der Waals surface area (Å²) in [4.78, 5) is 42.4. The monoisotopic (exact) mass is 419 g/mol. The van der Waals surface area contributed by atoms with Gasteiger partial charge in [0, 0.05) is 30.5 Å². The molecule has 4 rings (SSSR count). The quantitative estimate of drug-likeness (QED) is 0.595. The normalized spacial score (nSPS) is 12.9. The number of fused-ring (bicyclic) bond motifs is 1. The number of hydrogen-bond donors (Lipinski definition) is 1. The van der Waals surface area contributed by atoms with Crippen LogP contribution in [0.2, 0.25) is 0 Å². The van der Waals surface area contributed by atoms with Gasteiger partial charge in [0.25, 0.3) is 11.8 Å². The summed E-state index contributed by atoms with van der Waals surface area (Å²) in [5, 5.41) is 5.94. The number of amides is 3. The van der Waals surface area contributed by atoms with Crippen LogP contribution in [-0.2, 0) is 11.2 Å². The highest BCUT2D eigenvalue weighted by Crippen LogP contribution is 2.23. The average Bonchev–Trinajstić information content (AvgIpc) is 3.29. The summed E-state index contributed by atoms with van der Waals surface area (Å²) in [5.41, 5.74) is 3.98. The average molecular weight is 420 g/mol. The van der Waals surface area contributed by atoms with E-state index in [9.17, 15) is 14.4 Å². The highest BCUT2D eigenvalue weighted by atomic mass is 32.1. The zero-order valence-corrected chi connectivity index (χ0v) is 17.4. The molecule has 0 aliphatic carbocycles. The predicted molar refractivity (Wildman–Crippen MR) is 115 cm³/mol. The summed E-state index contributed by atoms with van der Waals surface area (Å²) < 4.78 is 0.